The van der Waals surface area contributed by atoms with Crippen molar-refractivity contribution in [1.29, 1.82) is 0 Å². The summed E-state index contributed by atoms with van der Waals surface area (Å²) in [6.07, 6.45) is 2.28. The van der Waals surface area contributed by atoms with Crippen molar-refractivity contribution in [3.05, 3.63) is 64.0 Å². The molecule has 3 rings (SSSR count). The highest BCUT2D eigenvalue weighted by molar-refractivity contribution is 6.04. The van der Waals surface area contributed by atoms with Crippen LogP contribution in [0.5, 0.6) is 0 Å². The number of nitrogens with one attached hydrogen (secondary N) is 2. The minimum Gasteiger partial charge on any atom is -0.288 e. The van der Waals surface area contributed by atoms with E-state index >= 15 is 0 Å². The Bertz CT molecular complexity index is 904. The first-order valence-corrected chi connectivity index (χ1v) is 6.66. The fourth-order valence-electron chi connectivity index (χ4n) is 2.00. The number of rotatable bonds is 5. The molecule has 2 heterocycles. The monoisotopic (exact) mass is 331 g/mol. The second-order valence-electron chi connectivity index (χ2n) is 4.74. The molecule has 3 aromatic rings. The quantitative estimate of drug-likeness (QED) is 0.536. The Morgan fingerprint density at radius 1 is 1.46 bits per heavy atom. The van der Waals surface area contributed by atoms with Crippen LogP contribution in [0.15, 0.2) is 36.8 Å². The number of aromatic amines is 1. The maximum Gasteiger partial charge on any atom is 0.319 e. The van der Waals surface area contributed by atoms with Crippen molar-refractivity contribution in [2.75, 3.05) is 5.32 Å². The summed E-state index contributed by atoms with van der Waals surface area (Å²) in [5, 5.41) is 22.8. The van der Waals surface area contributed by atoms with Gasteiger partial charge in [0.1, 0.15) is 18.3 Å². The zero-order valence-electron chi connectivity index (χ0n) is 12.0. The second-order valence-corrected chi connectivity index (χ2v) is 4.74. The van der Waals surface area contributed by atoms with E-state index in [1.165, 1.54) is 23.1 Å². The third-order valence-electron chi connectivity index (χ3n) is 3.04. The van der Waals surface area contributed by atoms with E-state index in [2.05, 4.69) is 25.6 Å². The van der Waals surface area contributed by atoms with Crippen LogP contribution in [0.3, 0.4) is 0 Å². The second kappa shape index (κ2) is 6.24. The van der Waals surface area contributed by atoms with Gasteiger partial charge in [0.15, 0.2) is 0 Å². The molecule has 1 amide bonds. The number of carbonyl (C=O) groups excluding carboxylic acids is 1. The van der Waals surface area contributed by atoms with E-state index in [0.717, 1.165) is 6.20 Å². The van der Waals surface area contributed by atoms with Gasteiger partial charge in [0.05, 0.1) is 11.5 Å². The Morgan fingerprint density at radius 2 is 2.29 bits per heavy atom. The molecule has 0 radical (unpaired) electrons. The van der Waals surface area contributed by atoms with Crippen molar-refractivity contribution in [3.63, 3.8) is 0 Å². The van der Waals surface area contributed by atoms with Crippen LogP contribution in [0.2, 0.25) is 0 Å². The SMILES string of the molecule is O=C(Nc1ncn(Cc2cccc(F)c2)n1)c1[nH]ncc1[N+](=O)[O-]. The van der Waals surface area contributed by atoms with Gasteiger partial charge in [-0.2, -0.15) is 5.10 Å². The molecule has 0 aliphatic heterocycles. The van der Waals surface area contributed by atoms with Crippen LogP contribution in [0.25, 0.3) is 0 Å². The minimum atomic E-state index is -0.789. The number of hydrogen-bond acceptors (Lipinski definition) is 6. The fourth-order valence-corrected chi connectivity index (χ4v) is 2.00. The van der Waals surface area contributed by atoms with Crippen LogP contribution < -0.4 is 5.32 Å². The minimum absolute atomic E-state index is 0.0414. The number of hydrogen-bond donors (Lipinski definition) is 2. The summed E-state index contributed by atoms with van der Waals surface area (Å²) < 4.78 is 14.5. The molecule has 0 atom stereocenters. The van der Waals surface area contributed by atoms with E-state index in [9.17, 15) is 19.3 Å². The number of anilines is 1. The van der Waals surface area contributed by atoms with Gasteiger partial charge in [-0.3, -0.25) is 25.3 Å². The molecular weight excluding hydrogens is 321 g/mol. The van der Waals surface area contributed by atoms with Gasteiger partial charge in [-0.05, 0) is 17.7 Å². The number of halogens is 1. The topological polar surface area (TPSA) is 132 Å². The predicted molar refractivity (Wildman–Crippen MR) is 78.7 cm³/mol. The number of amides is 1. The van der Waals surface area contributed by atoms with Crippen molar-refractivity contribution >= 4 is 17.5 Å². The molecule has 10 nitrogen and oxygen atoms in total. The lowest BCUT2D eigenvalue weighted by Crippen LogP contribution is -2.15. The molecule has 24 heavy (non-hydrogen) atoms. The average Bonchev–Trinajstić information content (AvgIpc) is 3.16. The summed E-state index contributed by atoms with van der Waals surface area (Å²) in [7, 11) is 0. The van der Waals surface area contributed by atoms with Gasteiger partial charge in [-0.25, -0.2) is 14.1 Å². The summed E-state index contributed by atoms with van der Waals surface area (Å²) >= 11 is 0. The molecule has 1 aromatic carbocycles. The first-order chi connectivity index (χ1) is 11.5. The number of nitro groups is 1. The van der Waals surface area contributed by atoms with E-state index in [1.54, 1.807) is 12.1 Å². The zero-order valence-corrected chi connectivity index (χ0v) is 12.0. The number of benzene rings is 1. The van der Waals surface area contributed by atoms with Crippen LogP contribution in [-0.2, 0) is 6.54 Å². The van der Waals surface area contributed by atoms with Crippen molar-refractivity contribution in [3.8, 4) is 0 Å². The standard InChI is InChI=1S/C13H10FN7O3/c14-9-3-1-2-8(4-9)6-20-7-15-13(19-20)17-12(22)11-10(21(23)24)5-16-18-11/h1-5,7H,6H2,(H,16,18)(H,17,19,22). The molecule has 122 valence electrons. The van der Waals surface area contributed by atoms with Crippen molar-refractivity contribution < 1.29 is 14.1 Å². The Hall–Kier alpha value is -3.63. The van der Waals surface area contributed by atoms with E-state index in [4.69, 9.17) is 0 Å². The van der Waals surface area contributed by atoms with Gasteiger partial charge in [0, 0.05) is 0 Å². The summed E-state index contributed by atoms with van der Waals surface area (Å²) in [5.41, 5.74) is -0.0878. The van der Waals surface area contributed by atoms with Crippen LogP contribution >= 0.6 is 0 Å². The summed E-state index contributed by atoms with van der Waals surface area (Å²) in [6, 6.07) is 5.97. The number of carbonyl (C=O) groups is 1. The molecule has 0 spiro atoms. The van der Waals surface area contributed by atoms with E-state index in [-0.39, 0.29) is 24.0 Å². The van der Waals surface area contributed by atoms with Crippen LogP contribution in [0, 0.1) is 15.9 Å². The lowest BCUT2D eigenvalue weighted by molar-refractivity contribution is -0.385. The molecule has 0 fully saturated rings. The smallest absolute Gasteiger partial charge is 0.288 e. The van der Waals surface area contributed by atoms with Gasteiger partial charge in [-0.15, -0.1) is 5.10 Å². The highest BCUT2D eigenvalue weighted by Gasteiger charge is 2.23. The average molecular weight is 331 g/mol. The van der Waals surface area contributed by atoms with E-state index in [0.29, 0.717) is 5.56 Å². The molecular formula is C13H10FN7O3. The summed E-state index contributed by atoms with van der Waals surface area (Å²) in [4.78, 5) is 25.9. The Kier molecular flexibility index (Phi) is 3.97. The maximum atomic E-state index is 13.1. The van der Waals surface area contributed by atoms with Gasteiger partial charge in [-0.1, -0.05) is 12.1 Å². The lowest BCUT2D eigenvalue weighted by Gasteiger charge is -2.01. The number of aromatic nitrogens is 5. The molecule has 0 saturated heterocycles. The number of H-pyrrole nitrogens is 1. The van der Waals surface area contributed by atoms with Crippen molar-refractivity contribution in [2.24, 2.45) is 0 Å². The van der Waals surface area contributed by atoms with Crippen LogP contribution in [-0.4, -0.2) is 35.8 Å². The van der Waals surface area contributed by atoms with Gasteiger partial charge < -0.3 is 0 Å². The normalized spacial score (nSPS) is 10.5. The van der Waals surface area contributed by atoms with Gasteiger partial charge in [0.2, 0.25) is 11.6 Å². The largest absolute Gasteiger partial charge is 0.319 e. The highest BCUT2D eigenvalue weighted by Crippen LogP contribution is 2.15. The van der Waals surface area contributed by atoms with Crippen molar-refractivity contribution in [1.82, 2.24) is 25.0 Å². The van der Waals surface area contributed by atoms with E-state index < -0.39 is 16.5 Å². The van der Waals surface area contributed by atoms with Crippen LogP contribution in [0.4, 0.5) is 16.0 Å². The molecule has 0 unspecified atom stereocenters. The lowest BCUT2D eigenvalue weighted by atomic mass is 10.2. The highest BCUT2D eigenvalue weighted by atomic mass is 19.1. The van der Waals surface area contributed by atoms with Crippen molar-refractivity contribution in [2.45, 2.75) is 6.54 Å². The third-order valence-corrected chi connectivity index (χ3v) is 3.04. The summed E-state index contributed by atoms with van der Waals surface area (Å²) in [5.74, 6) is -1.20. The summed E-state index contributed by atoms with van der Waals surface area (Å²) in [6.45, 7) is 0.255. The fraction of sp³-hybridized carbons (Fsp3) is 0.0769. The maximum absolute atomic E-state index is 13.1. The molecule has 2 aromatic heterocycles. The van der Waals surface area contributed by atoms with Crippen LogP contribution in [0.1, 0.15) is 16.1 Å². The molecule has 11 heteroatoms. The molecule has 0 aliphatic rings. The van der Waals surface area contributed by atoms with Gasteiger partial charge in [0.25, 0.3) is 5.91 Å². The molecule has 2 N–H and O–H groups in total. The Balaban J connectivity index is 1.71. The first-order valence-electron chi connectivity index (χ1n) is 6.66. The van der Waals surface area contributed by atoms with E-state index in [1.807, 2.05) is 0 Å². The number of nitrogens with zero attached hydrogens (tertiary/aromatic N) is 5. The molecule has 0 saturated carbocycles. The van der Waals surface area contributed by atoms with Gasteiger partial charge >= 0.3 is 5.69 Å². The third kappa shape index (κ3) is 3.24. The first kappa shape index (κ1) is 15.3. The zero-order chi connectivity index (χ0) is 17.1. The molecule has 0 bridgehead atoms. The Labute approximate surface area is 133 Å². The molecule has 0 aliphatic carbocycles. The Morgan fingerprint density at radius 3 is 3.04 bits per heavy atom. The predicted octanol–water partition coefficient (Wildman–Crippen LogP) is 1.35.